The van der Waals surface area contributed by atoms with Gasteiger partial charge in [-0.25, -0.2) is 9.18 Å². The fourth-order valence-corrected chi connectivity index (χ4v) is 4.92. The zero-order valence-corrected chi connectivity index (χ0v) is 17.5. The van der Waals surface area contributed by atoms with Crippen molar-refractivity contribution in [3.63, 3.8) is 0 Å². The maximum absolute atomic E-state index is 14.2. The second kappa shape index (κ2) is 9.03. The number of nitrogens with zero attached hydrogens (tertiary/aromatic N) is 2. The number of urea groups is 1. The minimum Gasteiger partial charge on any atom is -0.334 e. The second-order valence-corrected chi connectivity index (χ2v) is 9.22. The molecule has 3 aromatic rings. The van der Waals surface area contributed by atoms with Crippen LogP contribution in [0.15, 0.2) is 71.9 Å². The van der Waals surface area contributed by atoms with Crippen LogP contribution < -0.4 is 10.6 Å². The molecule has 1 aromatic heterocycles. The first-order chi connectivity index (χ1) is 14.9. The minimum absolute atomic E-state index is 0.127. The average molecular weight is 443 g/mol. The van der Waals surface area contributed by atoms with Crippen LogP contribution in [0.25, 0.3) is 0 Å². The van der Waals surface area contributed by atoms with E-state index in [1.807, 2.05) is 18.2 Å². The van der Waals surface area contributed by atoms with E-state index in [9.17, 15) is 18.3 Å². The summed E-state index contributed by atoms with van der Waals surface area (Å²) in [6.45, 7) is 0.901. The molecular weight excluding hydrogens is 419 g/mol. The van der Waals surface area contributed by atoms with Crippen molar-refractivity contribution in [3.05, 3.63) is 89.5 Å². The predicted molar refractivity (Wildman–Crippen MR) is 118 cm³/mol. The third kappa shape index (κ3) is 4.86. The summed E-state index contributed by atoms with van der Waals surface area (Å²) in [5.74, 6) is -0.338. The lowest BCUT2D eigenvalue weighted by Gasteiger charge is -2.45. The normalized spacial score (nSPS) is 14.5. The van der Waals surface area contributed by atoms with Crippen molar-refractivity contribution in [1.29, 1.82) is 0 Å². The van der Waals surface area contributed by atoms with Crippen molar-refractivity contribution in [1.82, 2.24) is 14.6 Å². The third-order valence-corrected chi connectivity index (χ3v) is 7.11. The van der Waals surface area contributed by atoms with Crippen molar-refractivity contribution in [3.8, 4) is 0 Å². The van der Waals surface area contributed by atoms with Gasteiger partial charge in [-0.3, -0.25) is 14.1 Å². The molecule has 0 spiro atoms. The highest BCUT2D eigenvalue weighted by atomic mass is 32.3. The van der Waals surface area contributed by atoms with Gasteiger partial charge >= 0.3 is 6.03 Å². The van der Waals surface area contributed by atoms with Gasteiger partial charge in [0, 0.05) is 43.3 Å². The molecule has 31 heavy (non-hydrogen) atoms. The smallest absolute Gasteiger partial charge is 0.319 e. The molecule has 0 unspecified atom stereocenters. The molecule has 4 N–H and O–H groups in total. The van der Waals surface area contributed by atoms with Gasteiger partial charge in [-0.2, -0.15) is 4.31 Å². The number of rotatable bonds is 5. The number of aromatic nitrogens is 1. The van der Waals surface area contributed by atoms with Crippen LogP contribution in [0.2, 0.25) is 0 Å². The maximum atomic E-state index is 14.2. The van der Waals surface area contributed by atoms with Crippen molar-refractivity contribution >= 4 is 22.5 Å². The van der Waals surface area contributed by atoms with Crippen LogP contribution in [0.4, 0.5) is 14.9 Å². The summed E-state index contributed by atoms with van der Waals surface area (Å²) in [7, 11) is -3.28. The van der Waals surface area contributed by atoms with Gasteiger partial charge in [0.1, 0.15) is 5.82 Å². The quantitative estimate of drug-likeness (QED) is 0.462. The Hall–Kier alpha value is -2.98. The van der Waals surface area contributed by atoms with Gasteiger partial charge in [0.2, 0.25) is 0 Å². The number of anilines is 1. The molecule has 1 aliphatic heterocycles. The number of amides is 2. The van der Waals surface area contributed by atoms with Crippen molar-refractivity contribution in [2.45, 2.75) is 24.4 Å². The Morgan fingerprint density at radius 1 is 1.10 bits per heavy atom. The molecule has 0 bridgehead atoms. The van der Waals surface area contributed by atoms with E-state index < -0.39 is 10.8 Å². The van der Waals surface area contributed by atoms with Crippen LogP contribution in [-0.4, -0.2) is 31.0 Å². The van der Waals surface area contributed by atoms with E-state index in [1.54, 1.807) is 42.7 Å². The summed E-state index contributed by atoms with van der Waals surface area (Å²) in [5, 5.41) is 5.45. The Bertz CT molecular complexity index is 1060. The highest BCUT2D eigenvalue weighted by Crippen LogP contribution is 2.53. The summed E-state index contributed by atoms with van der Waals surface area (Å²) < 4.78 is 37.3. The first-order valence-corrected chi connectivity index (χ1v) is 11.3. The zero-order valence-electron chi connectivity index (χ0n) is 16.7. The van der Waals surface area contributed by atoms with E-state index >= 15 is 0 Å². The van der Waals surface area contributed by atoms with Gasteiger partial charge in [-0.05, 0) is 60.0 Å². The number of pyridine rings is 1. The molecule has 2 aromatic carbocycles. The highest BCUT2D eigenvalue weighted by Gasteiger charge is 2.30. The SMILES string of the molecule is O=C(NCc1ccncc1)Nc1ccc(S(O)(O)N2CCc3cccc(F)c3C2)cc1. The summed E-state index contributed by atoms with van der Waals surface area (Å²) >= 11 is 0. The summed E-state index contributed by atoms with van der Waals surface area (Å²) in [4.78, 5) is 16.3. The Labute approximate surface area is 181 Å². The van der Waals surface area contributed by atoms with Crippen LogP contribution in [-0.2, 0) is 19.5 Å². The molecule has 162 valence electrons. The number of hydrogen-bond acceptors (Lipinski definition) is 5. The van der Waals surface area contributed by atoms with E-state index in [0.717, 1.165) is 11.1 Å². The summed E-state index contributed by atoms with van der Waals surface area (Å²) in [5.41, 5.74) is 2.83. The molecule has 0 atom stereocenters. The largest absolute Gasteiger partial charge is 0.334 e. The van der Waals surface area contributed by atoms with Gasteiger partial charge in [0.15, 0.2) is 0 Å². The molecule has 0 saturated heterocycles. The molecule has 1 aliphatic rings. The van der Waals surface area contributed by atoms with Gasteiger partial charge in [-0.15, -0.1) is 10.8 Å². The van der Waals surface area contributed by atoms with E-state index in [0.29, 0.717) is 35.7 Å². The Morgan fingerprint density at radius 3 is 2.58 bits per heavy atom. The Kier molecular flexibility index (Phi) is 6.19. The number of benzene rings is 2. The van der Waals surface area contributed by atoms with Crippen LogP contribution >= 0.6 is 10.8 Å². The fraction of sp³-hybridized carbons (Fsp3) is 0.182. The topological polar surface area (TPSA) is 97.7 Å². The second-order valence-electron chi connectivity index (χ2n) is 7.20. The predicted octanol–water partition coefficient (Wildman–Crippen LogP) is 4.63. The Morgan fingerprint density at radius 2 is 1.84 bits per heavy atom. The number of hydrogen-bond donors (Lipinski definition) is 4. The molecule has 9 heteroatoms. The lowest BCUT2D eigenvalue weighted by atomic mass is 10.0. The molecular formula is C22H23FN4O3S. The van der Waals surface area contributed by atoms with Crippen LogP contribution in [0, 0.1) is 5.82 Å². The van der Waals surface area contributed by atoms with Crippen LogP contribution in [0.3, 0.4) is 0 Å². The van der Waals surface area contributed by atoms with Crippen LogP contribution in [0.5, 0.6) is 0 Å². The van der Waals surface area contributed by atoms with Crippen molar-refractivity contribution < 1.29 is 18.3 Å². The van der Waals surface area contributed by atoms with Crippen molar-refractivity contribution in [2.75, 3.05) is 11.9 Å². The number of halogens is 1. The lowest BCUT2D eigenvalue weighted by Crippen LogP contribution is -2.33. The van der Waals surface area contributed by atoms with Gasteiger partial charge in [0.25, 0.3) is 0 Å². The van der Waals surface area contributed by atoms with E-state index in [2.05, 4.69) is 15.6 Å². The minimum atomic E-state index is -3.28. The molecule has 7 nitrogen and oxygen atoms in total. The Balaban J connectivity index is 1.39. The third-order valence-electron chi connectivity index (χ3n) is 5.17. The number of carbonyl (C=O) groups excluding carboxylic acids is 1. The highest BCUT2D eigenvalue weighted by molar-refractivity contribution is 8.22. The fourth-order valence-electron chi connectivity index (χ4n) is 3.46. The van der Waals surface area contributed by atoms with Gasteiger partial charge in [-0.1, -0.05) is 12.1 Å². The number of carbonyl (C=O) groups is 1. The molecule has 0 aliphatic carbocycles. The molecule has 0 radical (unpaired) electrons. The van der Waals surface area contributed by atoms with Crippen molar-refractivity contribution in [2.24, 2.45) is 0 Å². The standard InChI is InChI=1S/C22H23FN4O3S/c23-21-3-1-2-17-10-13-27(15-20(17)21)31(29,30)19-6-4-18(5-7-19)26-22(28)25-14-16-8-11-24-12-9-16/h1-9,11-12,29-30H,10,13-15H2,(H2,25,26,28). The lowest BCUT2D eigenvalue weighted by molar-refractivity contribution is 0.251. The number of fused-ring (bicyclic) bond motifs is 1. The first kappa shape index (κ1) is 21.3. The molecule has 2 amide bonds. The van der Waals surface area contributed by atoms with E-state index in [-0.39, 0.29) is 18.4 Å². The zero-order chi connectivity index (χ0) is 21.8. The average Bonchev–Trinajstić information content (AvgIpc) is 2.79. The number of nitrogens with one attached hydrogen (secondary N) is 2. The molecule has 4 rings (SSSR count). The molecule has 2 heterocycles. The monoisotopic (exact) mass is 442 g/mol. The van der Waals surface area contributed by atoms with E-state index in [4.69, 9.17) is 0 Å². The molecule has 0 fully saturated rings. The summed E-state index contributed by atoms with van der Waals surface area (Å²) in [6.07, 6.45) is 3.85. The maximum Gasteiger partial charge on any atom is 0.319 e. The first-order valence-electron chi connectivity index (χ1n) is 9.77. The van der Waals surface area contributed by atoms with Gasteiger partial charge in [0.05, 0.1) is 4.90 Å². The molecule has 0 saturated carbocycles. The summed E-state index contributed by atoms with van der Waals surface area (Å²) in [6, 6.07) is 14.5. The van der Waals surface area contributed by atoms with E-state index in [1.165, 1.54) is 10.4 Å². The van der Waals surface area contributed by atoms with Gasteiger partial charge < -0.3 is 10.6 Å². The van der Waals surface area contributed by atoms with Crippen LogP contribution in [0.1, 0.15) is 16.7 Å².